The number of amides is 3. The van der Waals surface area contributed by atoms with Crippen molar-refractivity contribution in [3.05, 3.63) is 11.9 Å². The third-order valence-corrected chi connectivity index (χ3v) is 3.39. The largest absolute Gasteiger partial charge is 0.289 e. The summed E-state index contributed by atoms with van der Waals surface area (Å²) in [4.78, 5) is 35.4. The van der Waals surface area contributed by atoms with Crippen molar-refractivity contribution in [1.29, 1.82) is 0 Å². The zero-order chi connectivity index (χ0) is 13.8. The fourth-order valence-electron chi connectivity index (χ4n) is 1.54. The van der Waals surface area contributed by atoms with Gasteiger partial charge in [-0.2, -0.15) is 0 Å². The van der Waals surface area contributed by atoms with Crippen molar-refractivity contribution in [1.82, 2.24) is 25.3 Å². The zero-order valence-electron chi connectivity index (χ0n) is 9.90. The number of nitrogens with zero attached hydrogens (tertiary/aromatic N) is 4. The highest BCUT2D eigenvalue weighted by Crippen LogP contribution is 2.17. The van der Waals surface area contributed by atoms with Gasteiger partial charge in [0.05, 0.1) is 12.7 Å². The van der Waals surface area contributed by atoms with E-state index in [4.69, 9.17) is 5.84 Å². The number of carbonyl (C=O) groups is 3. The summed E-state index contributed by atoms with van der Waals surface area (Å²) in [5, 5.41) is 7.08. The fourth-order valence-corrected chi connectivity index (χ4v) is 2.34. The number of nitrogen functional groups attached to an aromatic ring is 1. The lowest BCUT2D eigenvalue weighted by Gasteiger charge is -2.23. The Kier molecular flexibility index (Phi) is 4.12. The maximum absolute atomic E-state index is 11.6. The van der Waals surface area contributed by atoms with E-state index < -0.39 is 5.91 Å². The smallest absolute Gasteiger partial charge is 0.288 e. The van der Waals surface area contributed by atoms with Crippen molar-refractivity contribution in [3.63, 3.8) is 0 Å². The molecule has 0 spiro atoms. The SMILES string of the molecule is NNC(=O)c1cn(CCN2C(=O)CCSC2=O)nn1. The van der Waals surface area contributed by atoms with Gasteiger partial charge < -0.3 is 0 Å². The Morgan fingerprint density at radius 1 is 1.47 bits per heavy atom. The number of carbonyl (C=O) groups excluding carboxylic acids is 3. The minimum atomic E-state index is -0.549. The molecule has 3 amide bonds. The number of imide groups is 1. The molecule has 0 aliphatic carbocycles. The van der Waals surface area contributed by atoms with Crippen LogP contribution in [0.1, 0.15) is 16.9 Å². The molecule has 1 saturated heterocycles. The summed E-state index contributed by atoms with van der Waals surface area (Å²) in [5.74, 6) is 4.75. The van der Waals surface area contributed by atoms with E-state index in [-0.39, 0.29) is 29.9 Å². The third kappa shape index (κ3) is 3.09. The van der Waals surface area contributed by atoms with Crippen molar-refractivity contribution in [2.75, 3.05) is 12.3 Å². The van der Waals surface area contributed by atoms with Crippen LogP contribution in [0.25, 0.3) is 0 Å². The van der Waals surface area contributed by atoms with E-state index in [1.54, 1.807) is 0 Å². The maximum Gasteiger partial charge on any atom is 0.288 e. The summed E-state index contributed by atoms with van der Waals surface area (Å²) in [6.07, 6.45) is 1.75. The van der Waals surface area contributed by atoms with Crippen molar-refractivity contribution >= 4 is 28.8 Å². The van der Waals surface area contributed by atoms with E-state index in [0.29, 0.717) is 12.2 Å². The van der Waals surface area contributed by atoms with Crippen molar-refractivity contribution in [3.8, 4) is 0 Å². The highest BCUT2D eigenvalue weighted by atomic mass is 32.2. The summed E-state index contributed by atoms with van der Waals surface area (Å²) in [5.41, 5.74) is 2.01. The monoisotopic (exact) mass is 284 g/mol. The van der Waals surface area contributed by atoms with E-state index in [2.05, 4.69) is 10.3 Å². The van der Waals surface area contributed by atoms with Crippen LogP contribution in [0.5, 0.6) is 0 Å². The Bertz CT molecular complexity index is 500. The van der Waals surface area contributed by atoms with E-state index >= 15 is 0 Å². The first-order valence-electron chi connectivity index (χ1n) is 5.50. The van der Waals surface area contributed by atoms with Gasteiger partial charge in [-0.15, -0.1) is 5.10 Å². The Morgan fingerprint density at radius 2 is 2.26 bits per heavy atom. The number of rotatable bonds is 4. The molecule has 2 rings (SSSR count). The van der Waals surface area contributed by atoms with Crippen LogP contribution in [0.2, 0.25) is 0 Å². The maximum atomic E-state index is 11.6. The summed E-state index contributed by atoms with van der Waals surface area (Å²) >= 11 is 1.12. The molecule has 19 heavy (non-hydrogen) atoms. The molecule has 0 aromatic carbocycles. The Labute approximate surface area is 112 Å². The molecule has 102 valence electrons. The lowest BCUT2D eigenvalue weighted by Crippen LogP contribution is -2.40. The first-order valence-corrected chi connectivity index (χ1v) is 6.48. The van der Waals surface area contributed by atoms with E-state index in [1.807, 2.05) is 5.43 Å². The molecule has 1 aromatic rings. The molecule has 0 atom stereocenters. The molecule has 1 fully saturated rings. The molecule has 3 N–H and O–H groups in total. The summed E-state index contributed by atoms with van der Waals surface area (Å²) in [7, 11) is 0. The fraction of sp³-hybridized carbons (Fsp3) is 0.444. The molecule has 0 radical (unpaired) electrons. The van der Waals surface area contributed by atoms with Crippen molar-refractivity contribution in [2.24, 2.45) is 5.84 Å². The summed E-state index contributed by atoms with van der Waals surface area (Å²) in [6, 6.07) is 0. The predicted octanol–water partition coefficient (Wildman–Crippen LogP) is -1.03. The molecule has 1 aliphatic heterocycles. The lowest BCUT2D eigenvalue weighted by molar-refractivity contribution is -0.127. The van der Waals surface area contributed by atoms with Gasteiger partial charge in [-0.05, 0) is 0 Å². The topological polar surface area (TPSA) is 123 Å². The van der Waals surface area contributed by atoms with Gasteiger partial charge in [-0.25, -0.2) is 10.5 Å². The number of thioether (sulfide) groups is 1. The van der Waals surface area contributed by atoms with E-state index in [9.17, 15) is 14.4 Å². The molecule has 0 saturated carbocycles. The number of nitrogens with one attached hydrogen (secondary N) is 1. The molecule has 2 heterocycles. The van der Waals surface area contributed by atoms with Crippen molar-refractivity contribution in [2.45, 2.75) is 13.0 Å². The van der Waals surface area contributed by atoms with Crippen LogP contribution in [0.4, 0.5) is 4.79 Å². The molecular formula is C9H12N6O3S. The molecule has 1 aliphatic rings. The minimum Gasteiger partial charge on any atom is -0.289 e. The zero-order valence-corrected chi connectivity index (χ0v) is 10.7. The molecule has 0 bridgehead atoms. The normalized spacial score (nSPS) is 15.7. The molecule has 0 unspecified atom stereocenters. The number of hydrogen-bond donors (Lipinski definition) is 2. The summed E-state index contributed by atoms with van der Waals surface area (Å²) < 4.78 is 1.38. The molecule has 10 heteroatoms. The van der Waals surface area contributed by atoms with Crippen LogP contribution >= 0.6 is 11.8 Å². The lowest BCUT2D eigenvalue weighted by atomic mass is 10.4. The molecule has 1 aromatic heterocycles. The third-order valence-electron chi connectivity index (χ3n) is 2.52. The van der Waals surface area contributed by atoms with Gasteiger partial charge in [0.15, 0.2) is 5.69 Å². The minimum absolute atomic E-state index is 0.0770. The Balaban J connectivity index is 1.94. The second-order valence-corrected chi connectivity index (χ2v) is 4.80. The van der Waals surface area contributed by atoms with Gasteiger partial charge in [0, 0.05) is 18.7 Å². The van der Waals surface area contributed by atoms with Crippen LogP contribution in [0, 0.1) is 0 Å². The number of hydrogen-bond acceptors (Lipinski definition) is 7. The van der Waals surface area contributed by atoms with Gasteiger partial charge in [0.2, 0.25) is 5.91 Å². The second kappa shape index (κ2) is 5.80. The van der Waals surface area contributed by atoms with Crippen LogP contribution < -0.4 is 11.3 Å². The van der Waals surface area contributed by atoms with Crippen molar-refractivity contribution < 1.29 is 14.4 Å². The molecular weight excluding hydrogens is 272 g/mol. The first-order chi connectivity index (χ1) is 9.11. The molecule has 9 nitrogen and oxygen atoms in total. The van der Waals surface area contributed by atoms with Gasteiger partial charge in [0.1, 0.15) is 0 Å². The first kappa shape index (κ1) is 13.5. The standard InChI is InChI=1S/C9H12N6O3S/c10-11-8(17)6-5-14(13-12-6)2-3-15-7(16)1-4-19-9(15)18/h5H,1-4,10H2,(H,11,17). The van der Waals surface area contributed by atoms with Crippen LogP contribution in [-0.2, 0) is 11.3 Å². The van der Waals surface area contributed by atoms with E-state index in [0.717, 1.165) is 11.8 Å². The highest BCUT2D eigenvalue weighted by Gasteiger charge is 2.26. The van der Waals surface area contributed by atoms with E-state index in [1.165, 1.54) is 15.8 Å². The number of nitrogens with two attached hydrogens (primary N) is 1. The number of aromatic nitrogens is 3. The average Bonchev–Trinajstić information content (AvgIpc) is 2.86. The predicted molar refractivity (Wildman–Crippen MR) is 65.9 cm³/mol. The highest BCUT2D eigenvalue weighted by molar-refractivity contribution is 8.13. The van der Waals surface area contributed by atoms with Gasteiger partial charge >= 0.3 is 0 Å². The Morgan fingerprint density at radius 3 is 2.95 bits per heavy atom. The number of hydrazine groups is 1. The summed E-state index contributed by atoms with van der Waals surface area (Å²) in [6.45, 7) is 0.487. The Hall–Kier alpha value is -1.94. The second-order valence-electron chi connectivity index (χ2n) is 3.75. The van der Waals surface area contributed by atoms with Gasteiger partial charge in [0.25, 0.3) is 11.1 Å². The van der Waals surface area contributed by atoms with Crippen LogP contribution in [-0.4, -0.2) is 49.2 Å². The van der Waals surface area contributed by atoms with Crippen LogP contribution in [0.3, 0.4) is 0 Å². The van der Waals surface area contributed by atoms with Gasteiger partial charge in [-0.1, -0.05) is 17.0 Å². The quantitative estimate of drug-likeness (QED) is 0.411. The van der Waals surface area contributed by atoms with Crippen LogP contribution in [0.15, 0.2) is 6.20 Å². The van der Waals surface area contributed by atoms with Gasteiger partial charge in [-0.3, -0.25) is 24.7 Å². The average molecular weight is 284 g/mol.